The van der Waals surface area contributed by atoms with Crippen LogP contribution in [-0.4, -0.2) is 35.0 Å². The molecule has 12 heavy (non-hydrogen) atoms. The Balaban J connectivity index is 2.23. The van der Waals surface area contributed by atoms with Crippen LogP contribution in [0.3, 0.4) is 0 Å². The number of ether oxygens (including phenoxy) is 1. The summed E-state index contributed by atoms with van der Waals surface area (Å²) in [5.74, 6) is -1.41. The largest absolute Gasteiger partial charge is 0.479 e. The van der Waals surface area contributed by atoms with Crippen molar-refractivity contribution >= 4 is 5.97 Å². The van der Waals surface area contributed by atoms with Crippen LogP contribution in [0.1, 0.15) is 6.42 Å². The number of carboxylic acids is 1. The van der Waals surface area contributed by atoms with Gasteiger partial charge in [-0.25, -0.2) is 4.79 Å². The maximum absolute atomic E-state index is 10.4. The first kappa shape index (κ1) is 9.22. The molecule has 0 aliphatic heterocycles. The van der Waals surface area contributed by atoms with Crippen LogP contribution < -0.4 is 0 Å². The van der Waals surface area contributed by atoms with Gasteiger partial charge in [-0.1, -0.05) is 6.08 Å². The minimum Gasteiger partial charge on any atom is -0.479 e. The Morgan fingerprint density at radius 2 is 2.50 bits per heavy atom. The summed E-state index contributed by atoms with van der Waals surface area (Å²) in [7, 11) is 0. The zero-order valence-corrected chi connectivity index (χ0v) is 6.69. The van der Waals surface area contributed by atoms with Crippen LogP contribution in [0.4, 0.5) is 0 Å². The SMILES string of the molecule is C=CCOCC1CC1(O)C(=O)O. The van der Waals surface area contributed by atoms with Gasteiger partial charge in [-0.2, -0.15) is 0 Å². The van der Waals surface area contributed by atoms with Gasteiger partial charge in [-0.05, 0) is 6.42 Å². The highest BCUT2D eigenvalue weighted by atomic mass is 16.5. The highest BCUT2D eigenvalue weighted by molar-refractivity contribution is 5.81. The Morgan fingerprint density at radius 1 is 1.83 bits per heavy atom. The molecular weight excluding hydrogens is 160 g/mol. The molecule has 0 heterocycles. The fourth-order valence-corrected chi connectivity index (χ4v) is 1.07. The summed E-state index contributed by atoms with van der Waals surface area (Å²) in [6.45, 7) is 4.13. The van der Waals surface area contributed by atoms with E-state index < -0.39 is 11.6 Å². The summed E-state index contributed by atoms with van der Waals surface area (Å²) >= 11 is 0. The molecule has 1 aliphatic carbocycles. The van der Waals surface area contributed by atoms with Gasteiger partial charge < -0.3 is 14.9 Å². The summed E-state index contributed by atoms with van der Waals surface area (Å²) < 4.78 is 5.01. The van der Waals surface area contributed by atoms with Crippen LogP contribution in [0.5, 0.6) is 0 Å². The smallest absolute Gasteiger partial charge is 0.336 e. The standard InChI is InChI=1S/C8H12O4/c1-2-3-12-5-6-4-8(6,11)7(9)10/h2,6,11H,1,3-5H2,(H,9,10). The van der Waals surface area contributed by atoms with Crippen molar-refractivity contribution < 1.29 is 19.7 Å². The lowest BCUT2D eigenvalue weighted by Crippen LogP contribution is -2.25. The fraction of sp³-hybridized carbons (Fsp3) is 0.625. The number of carbonyl (C=O) groups is 1. The molecule has 0 radical (unpaired) electrons. The van der Waals surface area contributed by atoms with Crippen molar-refractivity contribution in [2.45, 2.75) is 12.0 Å². The van der Waals surface area contributed by atoms with E-state index in [0.29, 0.717) is 13.0 Å². The van der Waals surface area contributed by atoms with Crippen LogP contribution in [0.2, 0.25) is 0 Å². The summed E-state index contributed by atoms with van der Waals surface area (Å²) in [6.07, 6.45) is 1.88. The number of carboxylic acid groups (broad SMARTS) is 1. The molecule has 2 unspecified atom stereocenters. The highest BCUT2D eigenvalue weighted by Gasteiger charge is 2.59. The van der Waals surface area contributed by atoms with Crippen molar-refractivity contribution in [1.29, 1.82) is 0 Å². The zero-order valence-electron chi connectivity index (χ0n) is 6.69. The van der Waals surface area contributed by atoms with Gasteiger partial charge in [-0.15, -0.1) is 6.58 Å². The number of rotatable bonds is 5. The Morgan fingerprint density at radius 3 is 2.92 bits per heavy atom. The van der Waals surface area contributed by atoms with Crippen molar-refractivity contribution in [1.82, 2.24) is 0 Å². The Bertz CT molecular complexity index is 201. The molecular formula is C8H12O4. The molecule has 1 saturated carbocycles. The molecule has 0 aromatic carbocycles. The van der Waals surface area contributed by atoms with Gasteiger partial charge >= 0.3 is 5.97 Å². The molecule has 2 atom stereocenters. The Hall–Kier alpha value is -0.870. The van der Waals surface area contributed by atoms with Crippen LogP contribution >= 0.6 is 0 Å². The van der Waals surface area contributed by atoms with Crippen molar-refractivity contribution in [3.05, 3.63) is 12.7 Å². The molecule has 0 aromatic heterocycles. The van der Waals surface area contributed by atoms with E-state index in [0.717, 1.165) is 0 Å². The van der Waals surface area contributed by atoms with Gasteiger partial charge in [0.2, 0.25) is 0 Å². The predicted molar refractivity (Wildman–Crippen MR) is 41.7 cm³/mol. The van der Waals surface area contributed by atoms with E-state index >= 15 is 0 Å². The molecule has 0 spiro atoms. The van der Waals surface area contributed by atoms with Gasteiger partial charge in [0, 0.05) is 5.92 Å². The normalized spacial score (nSPS) is 32.9. The Kier molecular flexibility index (Phi) is 2.49. The minimum absolute atomic E-state index is 0.255. The van der Waals surface area contributed by atoms with E-state index in [1.54, 1.807) is 6.08 Å². The average Bonchev–Trinajstić information content (AvgIpc) is 2.64. The topological polar surface area (TPSA) is 66.8 Å². The van der Waals surface area contributed by atoms with E-state index in [1.807, 2.05) is 0 Å². The lowest BCUT2D eigenvalue weighted by Gasteiger charge is -2.03. The number of aliphatic hydroxyl groups is 1. The molecule has 4 heteroatoms. The van der Waals surface area contributed by atoms with E-state index in [1.165, 1.54) is 0 Å². The maximum atomic E-state index is 10.4. The van der Waals surface area contributed by atoms with Crippen LogP contribution in [-0.2, 0) is 9.53 Å². The van der Waals surface area contributed by atoms with Crippen molar-refractivity contribution in [3.8, 4) is 0 Å². The molecule has 1 rings (SSSR count). The summed E-state index contributed by atoms with van der Waals surface area (Å²) in [6, 6.07) is 0. The monoisotopic (exact) mass is 172 g/mol. The number of hydrogen-bond donors (Lipinski definition) is 2. The van der Waals surface area contributed by atoms with E-state index in [2.05, 4.69) is 6.58 Å². The fourth-order valence-electron chi connectivity index (χ4n) is 1.07. The van der Waals surface area contributed by atoms with Crippen molar-refractivity contribution in [2.75, 3.05) is 13.2 Å². The lowest BCUT2D eigenvalue weighted by atomic mass is 10.3. The maximum Gasteiger partial charge on any atom is 0.336 e. The molecule has 4 nitrogen and oxygen atoms in total. The van der Waals surface area contributed by atoms with Gasteiger partial charge in [0.1, 0.15) is 0 Å². The van der Waals surface area contributed by atoms with Crippen LogP contribution in [0.15, 0.2) is 12.7 Å². The molecule has 0 aromatic rings. The summed E-state index contributed by atoms with van der Waals surface area (Å²) in [5.41, 5.74) is -1.53. The Labute approximate surface area is 70.5 Å². The third-order valence-electron chi connectivity index (χ3n) is 2.00. The second kappa shape index (κ2) is 3.25. The third kappa shape index (κ3) is 1.65. The number of aliphatic carboxylic acids is 1. The van der Waals surface area contributed by atoms with Gasteiger partial charge in [0.25, 0.3) is 0 Å². The zero-order chi connectivity index (χ0) is 9.19. The molecule has 0 saturated heterocycles. The second-order valence-electron chi connectivity index (χ2n) is 2.96. The average molecular weight is 172 g/mol. The minimum atomic E-state index is -1.53. The van der Waals surface area contributed by atoms with Crippen LogP contribution in [0, 0.1) is 5.92 Å². The quantitative estimate of drug-likeness (QED) is 0.453. The molecule has 0 amide bonds. The van der Waals surface area contributed by atoms with E-state index in [4.69, 9.17) is 9.84 Å². The van der Waals surface area contributed by atoms with Gasteiger partial charge in [-0.3, -0.25) is 0 Å². The predicted octanol–water partition coefficient (Wildman–Crippen LogP) is 0.0246. The van der Waals surface area contributed by atoms with Crippen molar-refractivity contribution in [3.63, 3.8) is 0 Å². The van der Waals surface area contributed by atoms with Crippen LogP contribution in [0.25, 0.3) is 0 Å². The molecule has 1 aliphatic rings. The highest BCUT2D eigenvalue weighted by Crippen LogP contribution is 2.43. The third-order valence-corrected chi connectivity index (χ3v) is 2.00. The van der Waals surface area contributed by atoms with Crippen molar-refractivity contribution in [2.24, 2.45) is 5.92 Å². The molecule has 2 N–H and O–H groups in total. The van der Waals surface area contributed by atoms with E-state index in [9.17, 15) is 9.90 Å². The van der Waals surface area contributed by atoms with Gasteiger partial charge in [0.05, 0.1) is 13.2 Å². The first-order chi connectivity index (χ1) is 5.61. The molecule has 0 bridgehead atoms. The second-order valence-corrected chi connectivity index (χ2v) is 2.96. The van der Waals surface area contributed by atoms with Gasteiger partial charge in [0.15, 0.2) is 5.60 Å². The number of hydrogen-bond acceptors (Lipinski definition) is 3. The summed E-state index contributed by atoms with van der Waals surface area (Å²) in [4.78, 5) is 10.4. The van der Waals surface area contributed by atoms with E-state index in [-0.39, 0.29) is 12.5 Å². The lowest BCUT2D eigenvalue weighted by molar-refractivity contribution is -0.150. The first-order valence-corrected chi connectivity index (χ1v) is 3.75. The first-order valence-electron chi connectivity index (χ1n) is 3.75. The molecule has 68 valence electrons. The molecule has 1 fully saturated rings. The summed E-state index contributed by atoms with van der Waals surface area (Å²) in [5, 5.41) is 17.8.